The topological polar surface area (TPSA) is 100 Å². The van der Waals surface area contributed by atoms with Gasteiger partial charge in [0.15, 0.2) is 0 Å². The third-order valence-corrected chi connectivity index (χ3v) is 6.67. The van der Waals surface area contributed by atoms with Crippen molar-refractivity contribution in [2.45, 2.75) is 50.7 Å². The van der Waals surface area contributed by atoms with Gasteiger partial charge in [0.05, 0.1) is 42.1 Å². The molecule has 2 amide bonds. The van der Waals surface area contributed by atoms with Crippen molar-refractivity contribution in [1.29, 1.82) is 5.26 Å². The van der Waals surface area contributed by atoms with Crippen molar-refractivity contribution in [3.8, 4) is 6.07 Å². The zero-order chi connectivity index (χ0) is 26.3. The number of carbonyl (C=O) groups is 2. The molecule has 1 fully saturated rings. The van der Waals surface area contributed by atoms with Crippen LogP contribution in [0.2, 0.25) is 0 Å². The molecule has 1 atom stereocenters. The lowest BCUT2D eigenvalue weighted by atomic mass is 9.77. The number of anilines is 2. The summed E-state index contributed by atoms with van der Waals surface area (Å²) in [6.07, 6.45) is -3.54. The fourth-order valence-electron chi connectivity index (χ4n) is 4.83. The highest BCUT2D eigenvalue weighted by Crippen LogP contribution is 2.42. The number of fused-ring (bicyclic) bond motifs is 1. The van der Waals surface area contributed by atoms with E-state index in [-0.39, 0.29) is 42.0 Å². The van der Waals surface area contributed by atoms with Crippen molar-refractivity contribution in [3.63, 3.8) is 0 Å². The summed E-state index contributed by atoms with van der Waals surface area (Å²) < 4.78 is 42.7. The van der Waals surface area contributed by atoms with Crippen molar-refractivity contribution in [2.24, 2.45) is 0 Å². The average molecular weight is 509 g/mol. The van der Waals surface area contributed by atoms with Crippen LogP contribution in [0, 0.1) is 11.3 Å². The summed E-state index contributed by atoms with van der Waals surface area (Å²) in [6.45, 7) is 2.24. The Morgan fingerprint density at radius 2 is 1.92 bits per heavy atom. The first-order chi connectivity index (χ1) is 17.6. The summed E-state index contributed by atoms with van der Waals surface area (Å²) in [6, 6.07) is 15.4. The molecule has 37 heavy (non-hydrogen) atoms. The molecule has 0 spiro atoms. The van der Waals surface area contributed by atoms with E-state index in [1.807, 2.05) is 25.1 Å². The van der Waals surface area contributed by atoms with E-state index in [2.05, 4.69) is 15.2 Å². The number of hydrogen-bond donors (Lipinski definition) is 1. The van der Waals surface area contributed by atoms with Crippen LogP contribution in [0.1, 0.15) is 57.7 Å². The predicted molar refractivity (Wildman–Crippen MR) is 127 cm³/mol. The number of nitrogens with zero attached hydrogens (tertiary/aromatic N) is 4. The van der Waals surface area contributed by atoms with Gasteiger partial charge in [0.1, 0.15) is 5.69 Å². The van der Waals surface area contributed by atoms with Crippen molar-refractivity contribution in [1.82, 2.24) is 9.78 Å². The molecular formula is C26H22F3N5O3. The van der Waals surface area contributed by atoms with Gasteiger partial charge in [-0.1, -0.05) is 18.2 Å². The summed E-state index contributed by atoms with van der Waals surface area (Å²) >= 11 is 0. The highest BCUT2D eigenvalue weighted by atomic mass is 19.4. The maximum atomic E-state index is 13.5. The van der Waals surface area contributed by atoms with Crippen molar-refractivity contribution in [2.75, 3.05) is 10.2 Å². The van der Waals surface area contributed by atoms with Gasteiger partial charge in [-0.25, -0.2) is 0 Å². The van der Waals surface area contributed by atoms with E-state index in [4.69, 9.17) is 5.26 Å². The minimum Gasteiger partial charge on any atom is -0.322 e. The van der Waals surface area contributed by atoms with Crippen LogP contribution in [0.3, 0.4) is 0 Å². The Bertz CT molecular complexity index is 1390. The van der Waals surface area contributed by atoms with Crippen LogP contribution in [-0.2, 0) is 11.3 Å². The molecule has 1 aromatic heterocycles. The van der Waals surface area contributed by atoms with E-state index in [1.165, 1.54) is 16.9 Å². The van der Waals surface area contributed by atoms with Gasteiger partial charge >= 0.3 is 6.36 Å². The summed E-state index contributed by atoms with van der Waals surface area (Å²) in [5.74, 6) is -0.940. The van der Waals surface area contributed by atoms with Gasteiger partial charge in [-0.05, 0) is 61.6 Å². The van der Waals surface area contributed by atoms with E-state index in [1.54, 1.807) is 35.2 Å². The first kappa shape index (κ1) is 24.5. The Morgan fingerprint density at radius 1 is 1.19 bits per heavy atom. The zero-order valence-electron chi connectivity index (χ0n) is 19.7. The normalized spacial score (nSPS) is 21.1. The SMILES string of the molecule is C[C@H]1Cn2ncc(C(=O)Nc3cccc(C#N)c3)c2C(=O)N1c1ccc([C@H]2C[C@@H](OC(F)(F)F)C2)cc1. The predicted octanol–water partition coefficient (Wildman–Crippen LogP) is 4.84. The molecule has 2 heterocycles. The van der Waals surface area contributed by atoms with Crippen LogP contribution in [0.5, 0.6) is 0 Å². The highest BCUT2D eigenvalue weighted by molar-refractivity contribution is 6.15. The fourth-order valence-corrected chi connectivity index (χ4v) is 4.83. The van der Waals surface area contributed by atoms with E-state index in [0.29, 0.717) is 23.5 Å². The molecular weight excluding hydrogens is 487 g/mol. The van der Waals surface area contributed by atoms with Crippen LogP contribution < -0.4 is 10.2 Å². The molecule has 1 aliphatic carbocycles. The number of nitrogens with one attached hydrogen (secondary N) is 1. The second-order valence-electron chi connectivity index (χ2n) is 9.21. The van der Waals surface area contributed by atoms with Crippen LogP contribution in [-0.4, -0.2) is 40.1 Å². The number of halogens is 3. The second-order valence-corrected chi connectivity index (χ2v) is 9.21. The molecule has 1 aliphatic heterocycles. The zero-order valence-corrected chi connectivity index (χ0v) is 19.7. The molecule has 1 N–H and O–H groups in total. The highest BCUT2D eigenvalue weighted by Gasteiger charge is 2.41. The van der Waals surface area contributed by atoms with Crippen molar-refractivity contribution < 1.29 is 27.5 Å². The molecule has 0 saturated heterocycles. The van der Waals surface area contributed by atoms with Crippen molar-refractivity contribution >= 4 is 23.2 Å². The van der Waals surface area contributed by atoms with Gasteiger partial charge in [0, 0.05) is 11.4 Å². The van der Waals surface area contributed by atoms with Crippen LogP contribution in [0.4, 0.5) is 24.5 Å². The van der Waals surface area contributed by atoms with E-state index in [9.17, 15) is 22.8 Å². The van der Waals surface area contributed by atoms with Gasteiger partial charge in [0.2, 0.25) is 0 Å². The minimum atomic E-state index is -4.63. The standard InChI is InChI=1S/C26H22F3N5O3/c1-15-14-33-23(22(13-31-33)24(35)32-19-4-2-3-16(9-19)12-30)25(36)34(15)20-7-5-17(6-8-20)18-10-21(11-18)37-26(27,28)29/h2-9,13,15,18,21H,10-11,14H2,1H3,(H,32,35)/t15-,18-,21+/m0/s1. The third-order valence-electron chi connectivity index (χ3n) is 6.67. The van der Waals surface area contributed by atoms with Gasteiger partial charge in [-0.15, -0.1) is 13.2 Å². The second kappa shape index (κ2) is 9.37. The van der Waals surface area contributed by atoms with Gasteiger partial charge in [-0.2, -0.15) is 10.4 Å². The number of ether oxygens (including phenoxy) is 1. The molecule has 0 bridgehead atoms. The Labute approximate surface area is 210 Å². The van der Waals surface area contributed by atoms with Crippen LogP contribution >= 0.6 is 0 Å². The lowest BCUT2D eigenvalue weighted by Gasteiger charge is -2.36. The van der Waals surface area contributed by atoms with Crippen LogP contribution in [0.25, 0.3) is 0 Å². The summed E-state index contributed by atoms with van der Waals surface area (Å²) in [5.41, 5.74) is 2.58. The number of alkyl halides is 3. The van der Waals surface area contributed by atoms with Crippen LogP contribution in [0.15, 0.2) is 54.7 Å². The molecule has 8 nitrogen and oxygen atoms in total. The molecule has 2 aromatic carbocycles. The minimum absolute atomic E-state index is 0.0350. The Kier molecular flexibility index (Phi) is 6.21. The molecule has 1 saturated carbocycles. The summed E-state index contributed by atoms with van der Waals surface area (Å²) in [5, 5.41) is 16.0. The number of carbonyl (C=O) groups excluding carboxylic acids is 2. The first-order valence-electron chi connectivity index (χ1n) is 11.7. The number of nitriles is 1. The van der Waals surface area contributed by atoms with Gasteiger partial charge in [-0.3, -0.25) is 19.0 Å². The largest absolute Gasteiger partial charge is 0.522 e. The molecule has 0 radical (unpaired) electrons. The van der Waals surface area contributed by atoms with E-state index >= 15 is 0 Å². The fraction of sp³-hybridized carbons (Fsp3) is 0.308. The Morgan fingerprint density at radius 3 is 2.59 bits per heavy atom. The number of benzene rings is 2. The molecule has 2 aliphatic rings. The lowest BCUT2D eigenvalue weighted by Crippen LogP contribution is -2.47. The Balaban J connectivity index is 1.32. The third kappa shape index (κ3) is 4.93. The molecule has 5 rings (SSSR count). The molecule has 11 heteroatoms. The summed E-state index contributed by atoms with van der Waals surface area (Å²) in [4.78, 5) is 28.1. The maximum absolute atomic E-state index is 13.5. The monoisotopic (exact) mass is 509 g/mol. The van der Waals surface area contributed by atoms with E-state index in [0.717, 1.165) is 5.56 Å². The molecule has 3 aromatic rings. The lowest BCUT2D eigenvalue weighted by molar-refractivity contribution is -0.351. The number of amides is 2. The molecule has 0 unspecified atom stereocenters. The smallest absolute Gasteiger partial charge is 0.322 e. The number of hydrogen-bond acceptors (Lipinski definition) is 5. The summed E-state index contributed by atoms with van der Waals surface area (Å²) in [7, 11) is 0. The Hall–Kier alpha value is -4.17. The van der Waals surface area contributed by atoms with Gasteiger partial charge in [0.25, 0.3) is 11.8 Å². The van der Waals surface area contributed by atoms with Crippen molar-refractivity contribution in [3.05, 3.63) is 77.1 Å². The number of aromatic nitrogens is 2. The molecule has 190 valence electrons. The first-order valence-corrected chi connectivity index (χ1v) is 11.7. The average Bonchev–Trinajstić information content (AvgIpc) is 3.25. The quantitative estimate of drug-likeness (QED) is 0.531. The van der Waals surface area contributed by atoms with E-state index < -0.39 is 18.4 Å². The number of rotatable bonds is 5. The maximum Gasteiger partial charge on any atom is 0.522 e. The van der Waals surface area contributed by atoms with Gasteiger partial charge < -0.3 is 10.2 Å².